The Bertz CT molecular complexity index is 556. The third-order valence-corrected chi connectivity index (χ3v) is 3.44. The lowest BCUT2D eigenvalue weighted by atomic mass is 9.98. The van der Waals surface area contributed by atoms with Crippen LogP contribution < -0.4 is 4.74 Å². The van der Waals surface area contributed by atoms with Crippen LogP contribution in [0.3, 0.4) is 0 Å². The number of benzene rings is 2. The maximum absolute atomic E-state index is 5.81. The van der Waals surface area contributed by atoms with Gasteiger partial charge in [-0.3, -0.25) is 0 Å². The molecular formula is C20H26O. The van der Waals surface area contributed by atoms with Gasteiger partial charge in [0, 0.05) is 0 Å². The normalized spacial score (nSPS) is 11.7. The maximum Gasteiger partial charge on any atom is 0.119 e. The van der Waals surface area contributed by atoms with Gasteiger partial charge in [0.2, 0.25) is 0 Å². The van der Waals surface area contributed by atoms with E-state index in [9.17, 15) is 0 Å². The molecule has 0 heterocycles. The second-order valence-electron chi connectivity index (χ2n) is 7.15. The number of rotatable bonds is 4. The Kier molecular flexibility index (Phi) is 4.72. The fourth-order valence-electron chi connectivity index (χ4n) is 2.10. The first kappa shape index (κ1) is 15.6. The lowest BCUT2D eigenvalue weighted by molar-refractivity contribution is 0.198. The summed E-state index contributed by atoms with van der Waals surface area (Å²) >= 11 is 0. The van der Waals surface area contributed by atoms with Crippen LogP contribution in [0.25, 0.3) is 11.1 Å². The molecule has 0 aliphatic heterocycles. The molecule has 0 atom stereocenters. The van der Waals surface area contributed by atoms with Crippen LogP contribution in [0, 0.1) is 5.41 Å². The van der Waals surface area contributed by atoms with Gasteiger partial charge in [-0.2, -0.15) is 0 Å². The minimum Gasteiger partial charge on any atom is -0.493 e. The van der Waals surface area contributed by atoms with Gasteiger partial charge in [0.25, 0.3) is 0 Å². The second kappa shape index (κ2) is 6.34. The topological polar surface area (TPSA) is 9.23 Å². The average Bonchev–Trinajstić information content (AvgIpc) is 2.45. The Hall–Kier alpha value is -1.76. The van der Waals surface area contributed by atoms with Crippen LogP contribution in [0.5, 0.6) is 5.75 Å². The van der Waals surface area contributed by atoms with Gasteiger partial charge in [-0.15, -0.1) is 0 Å². The second-order valence-corrected chi connectivity index (χ2v) is 7.15. The van der Waals surface area contributed by atoms with Crippen molar-refractivity contribution in [2.24, 2.45) is 5.41 Å². The summed E-state index contributed by atoms with van der Waals surface area (Å²) in [4.78, 5) is 0. The summed E-state index contributed by atoms with van der Waals surface area (Å²) in [7, 11) is 0. The predicted molar refractivity (Wildman–Crippen MR) is 90.9 cm³/mol. The first-order valence-corrected chi connectivity index (χ1v) is 7.68. The quantitative estimate of drug-likeness (QED) is 0.678. The molecule has 1 nitrogen and oxygen atoms in total. The molecule has 0 radical (unpaired) electrons. The number of hydrogen-bond acceptors (Lipinski definition) is 1. The Labute approximate surface area is 129 Å². The van der Waals surface area contributed by atoms with Crippen molar-refractivity contribution in [2.45, 2.75) is 40.5 Å². The van der Waals surface area contributed by atoms with Crippen LogP contribution in [-0.4, -0.2) is 6.61 Å². The lowest BCUT2D eigenvalue weighted by Gasteiger charge is -2.18. The average molecular weight is 282 g/mol. The molecule has 0 spiro atoms. The van der Waals surface area contributed by atoms with Crippen molar-refractivity contribution in [1.82, 2.24) is 0 Å². The molecule has 0 N–H and O–H groups in total. The molecule has 112 valence electrons. The third-order valence-electron chi connectivity index (χ3n) is 3.44. The maximum atomic E-state index is 5.81. The molecule has 0 saturated carbocycles. The fourth-order valence-corrected chi connectivity index (χ4v) is 2.10. The summed E-state index contributed by atoms with van der Waals surface area (Å²) in [5, 5.41) is 0. The van der Waals surface area contributed by atoms with Gasteiger partial charge in [0.1, 0.15) is 5.75 Å². The molecular weight excluding hydrogens is 256 g/mol. The molecule has 1 heteroatoms. The van der Waals surface area contributed by atoms with E-state index < -0.39 is 0 Å². The fraction of sp³-hybridized carbons (Fsp3) is 0.400. The molecule has 0 unspecified atom stereocenters. The third kappa shape index (κ3) is 4.63. The highest BCUT2D eigenvalue weighted by molar-refractivity contribution is 5.64. The molecule has 2 aromatic carbocycles. The van der Waals surface area contributed by atoms with Gasteiger partial charge >= 0.3 is 0 Å². The number of hydrogen-bond donors (Lipinski definition) is 0. The number of ether oxygens (including phenoxy) is 1. The van der Waals surface area contributed by atoms with Crippen molar-refractivity contribution in [3.8, 4) is 16.9 Å². The van der Waals surface area contributed by atoms with E-state index in [1.54, 1.807) is 0 Å². The minimum atomic E-state index is 0.186. The zero-order valence-electron chi connectivity index (χ0n) is 13.8. The van der Waals surface area contributed by atoms with Crippen molar-refractivity contribution in [3.05, 3.63) is 54.1 Å². The monoisotopic (exact) mass is 282 g/mol. The van der Waals surface area contributed by atoms with Gasteiger partial charge in [-0.1, -0.05) is 71.0 Å². The smallest absolute Gasteiger partial charge is 0.119 e. The van der Waals surface area contributed by atoms with Crippen LogP contribution in [0.15, 0.2) is 48.5 Å². The van der Waals surface area contributed by atoms with Gasteiger partial charge in [-0.05, 0) is 40.2 Å². The summed E-state index contributed by atoms with van der Waals surface area (Å²) in [5.74, 6) is 1.51. The highest BCUT2D eigenvalue weighted by atomic mass is 16.5. The summed E-state index contributed by atoms with van der Waals surface area (Å²) in [6.07, 6.45) is 0. The predicted octanol–water partition coefficient (Wildman–Crippen LogP) is 5.90. The minimum absolute atomic E-state index is 0.186. The molecule has 0 fully saturated rings. The van der Waals surface area contributed by atoms with E-state index in [1.165, 1.54) is 16.7 Å². The standard InChI is InChI=1S/C20H26O/c1-15(2)16-6-8-17(9-7-16)18-10-12-19(13-11-18)21-14-20(3,4)5/h6-13,15H,14H2,1-5H3. The molecule has 0 aliphatic rings. The molecule has 2 rings (SSSR count). The van der Waals surface area contributed by atoms with Gasteiger partial charge in [0.05, 0.1) is 6.61 Å². The van der Waals surface area contributed by atoms with E-state index >= 15 is 0 Å². The van der Waals surface area contributed by atoms with E-state index in [2.05, 4.69) is 83.1 Å². The van der Waals surface area contributed by atoms with Crippen LogP contribution in [-0.2, 0) is 0 Å². The van der Waals surface area contributed by atoms with Gasteiger partial charge in [-0.25, -0.2) is 0 Å². The highest BCUT2D eigenvalue weighted by Crippen LogP contribution is 2.25. The molecule has 21 heavy (non-hydrogen) atoms. The lowest BCUT2D eigenvalue weighted by Crippen LogP contribution is -2.16. The molecule has 0 bridgehead atoms. The summed E-state index contributed by atoms with van der Waals surface area (Å²) in [5.41, 5.74) is 4.05. The molecule has 0 aromatic heterocycles. The van der Waals surface area contributed by atoms with E-state index in [-0.39, 0.29) is 5.41 Å². The highest BCUT2D eigenvalue weighted by Gasteiger charge is 2.11. The Balaban J connectivity index is 2.08. The van der Waals surface area contributed by atoms with E-state index in [0.717, 1.165) is 12.4 Å². The first-order valence-electron chi connectivity index (χ1n) is 7.68. The van der Waals surface area contributed by atoms with Crippen LogP contribution in [0.2, 0.25) is 0 Å². The van der Waals surface area contributed by atoms with Crippen molar-refractivity contribution in [3.63, 3.8) is 0 Å². The zero-order chi connectivity index (χ0) is 15.5. The van der Waals surface area contributed by atoms with Crippen LogP contribution in [0.1, 0.15) is 46.1 Å². The van der Waals surface area contributed by atoms with Gasteiger partial charge < -0.3 is 4.74 Å². The summed E-state index contributed by atoms with van der Waals surface area (Å²) in [6, 6.07) is 17.2. The largest absolute Gasteiger partial charge is 0.493 e. The van der Waals surface area contributed by atoms with Crippen LogP contribution >= 0.6 is 0 Å². The molecule has 0 amide bonds. The van der Waals surface area contributed by atoms with E-state index in [0.29, 0.717) is 5.92 Å². The summed E-state index contributed by atoms with van der Waals surface area (Å²) < 4.78 is 5.81. The molecule has 0 aliphatic carbocycles. The van der Waals surface area contributed by atoms with Crippen LogP contribution in [0.4, 0.5) is 0 Å². The van der Waals surface area contributed by atoms with E-state index in [1.807, 2.05) is 0 Å². The zero-order valence-corrected chi connectivity index (χ0v) is 13.8. The Morgan fingerprint density at radius 2 is 1.29 bits per heavy atom. The Morgan fingerprint density at radius 3 is 1.71 bits per heavy atom. The van der Waals surface area contributed by atoms with Crippen molar-refractivity contribution in [1.29, 1.82) is 0 Å². The van der Waals surface area contributed by atoms with Crippen molar-refractivity contribution < 1.29 is 4.74 Å². The first-order chi connectivity index (χ1) is 9.85. The summed E-state index contributed by atoms with van der Waals surface area (Å²) in [6.45, 7) is 11.7. The molecule has 2 aromatic rings. The Morgan fingerprint density at radius 1 is 0.810 bits per heavy atom. The van der Waals surface area contributed by atoms with Crippen molar-refractivity contribution >= 4 is 0 Å². The van der Waals surface area contributed by atoms with Crippen molar-refractivity contribution in [2.75, 3.05) is 6.61 Å². The van der Waals surface area contributed by atoms with Gasteiger partial charge in [0.15, 0.2) is 0 Å². The van der Waals surface area contributed by atoms with E-state index in [4.69, 9.17) is 4.74 Å². The SMILES string of the molecule is CC(C)c1ccc(-c2ccc(OCC(C)(C)C)cc2)cc1. The molecule has 0 saturated heterocycles.